The van der Waals surface area contributed by atoms with Crippen LogP contribution in [0.2, 0.25) is 0 Å². The van der Waals surface area contributed by atoms with E-state index in [9.17, 15) is 14.9 Å². The van der Waals surface area contributed by atoms with Crippen LogP contribution in [0.5, 0.6) is 0 Å². The summed E-state index contributed by atoms with van der Waals surface area (Å²) in [5.74, 6) is -1.05. The Labute approximate surface area is 92.9 Å². The Morgan fingerprint density at radius 1 is 1.06 bits per heavy atom. The summed E-state index contributed by atoms with van der Waals surface area (Å²) in [7, 11) is 0. The number of nitro groups is 1. The highest BCUT2D eigenvalue weighted by Gasteiger charge is 2.24. The molecule has 0 spiro atoms. The first-order valence-corrected chi connectivity index (χ1v) is 4.77. The molecule has 86 valence electrons. The van der Waals surface area contributed by atoms with Crippen molar-refractivity contribution in [1.29, 1.82) is 0 Å². The molecule has 1 rings (SSSR count). The Hall–Kier alpha value is -1.91. The van der Waals surface area contributed by atoms with Gasteiger partial charge in [-0.2, -0.15) is 0 Å². The maximum absolute atomic E-state index is 11.1. The van der Waals surface area contributed by atoms with Gasteiger partial charge in [0.25, 0.3) is 5.69 Å². The third kappa shape index (κ3) is 1.64. The normalized spacial score (nSPS) is 10.2. The van der Waals surface area contributed by atoms with Crippen LogP contribution >= 0.6 is 0 Å². The maximum Gasteiger partial charge on any atom is 0.336 e. The molecule has 0 radical (unpaired) electrons. The summed E-state index contributed by atoms with van der Waals surface area (Å²) in [5.41, 5.74) is 1.95. The molecule has 0 atom stereocenters. The lowest BCUT2D eigenvalue weighted by Crippen LogP contribution is -2.09. The van der Waals surface area contributed by atoms with Crippen LogP contribution in [0.25, 0.3) is 0 Å². The largest absolute Gasteiger partial charge is 0.478 e. The van der Waals surface area contributed by atoms with E-state index in [4.69, 9.17) is 5.11 Å². The molecule has 1 aromatic rings. The molecule has 0 unspecified atom stereocenters. The number of hydrogen-bond donors (Lipinski definition) is 1. The van der Waals surface area contributed by atoms with E-state index in [2.05, 4.69) is 0 Å². The fourth-order valence-electron chi connectivity index (χ4n) is 1.89. The second-order valence-corrected chi connectivity index (χ2v) is 3.79. The first-order chi connectivity index (χ1) is 7.29. The molecule has 0 fully saturated rings. The standard InChI is InChI=1S/C11H13NO4/c1-5-7(3)10(12(15)16)8(4)6(2)9(5)11(13)14/h1-4H3,(H,13,14). The molecule has 0 aliphatic heterocycles. The molecule has 0 bridgehead atoms. The number of carboxylic acids is 1. The summed E-state index contributed by atoms with van der Waals surface area (Å²) in [5, 5.41) is 19.9. The van der Waals surface area contributed by atoms with E-state index in [1.807, 2.05) is 0 Å². The second kappa shape index (κ2) is 3.92. The fourth-order valence-corrected chi connectivity index (χ4v) is 1.89. The third-order valence-electron chi connectivity index (χ3n) is 2.98. The first-order valence-electron chi connectivity index (χ1n) is 4.77. The highest BCUT2D eigenvalue weighted by molar-refractivity contribution is 5.93. The van der Waals surface area contributed by atoms with Gasteiger partial charge in [0.15, 0.2) is 0 Å². The number of carboxylic acid groups (broad SMARTS) is 1. The van der Waals surface area contributed by atoms with Crippen LogP contribution in [0.3, 0.4) is 0 Å². The molecule has 5 nitrogen and oxygen atoms in total. The van der Waals surface area contributed by atoms with Crippen molar-refractivity contribution in [3.05, 3.63) is 37.9 Å². The van der Waals surface area contributed by atoms with E-state index in [1.54, 1.807) is 27.7 Å². The summed E-state index contributed by atoms with van der Waals surface area (Å²) < 4.78 is 0. The summed E-state index contributed by atoms with van der Waals surface area (Å²) in [4.78, 5) is 21.5. The monoisotopic (exact) mass is 223 g/mol. The molecule has 16 heavy (non-hydrogen) atoms. The van der Waals surface area contributed by atoms with Crippen molar-refractivity contribution in [2.24, 2.45) is 0 Å². The summed E-state index contributed by atoms with van der Waals surface area (Å²) >= 11 is 0. The lowest BCUT2D eigenvalue weighted by molar-refractivity contribution is -0.386. The van der Waals surface area contributed by atoms with E-state index in [0.29, 0.717) is 22.3 Å². The number of hydrogen-bond acceptors (Lipinski definition) is 3. The van der Waals surface area contributed by atoms with Crippen LogP contribution in [0.4, 0.5) is 5.69 Å². The van der Waals surface area contributed by atoms with Crippen LogP contribution in [-0.4, -0.2) is 16.0 Å². The number of benzene rings is 1. The second-order valence-electron chi connectivity index (χ2n) is 3.79. The van der Waals surface area contributed by atoms with E-state index in [1.165, 1.54) is 0 Å². The van der Waals surface area contributed by atoms with Crippen LogP contribution in [-0.2, 0) is 0 Å². The maximum atomic E-state index is 11.1. The van der Waals surface area contributed by atoms with Gasteiger partial charge >= 0.3 is 5.97 Å². The van der Waals surface area contributed by atoms with Gasteiger partial charge in [-0.1, -0.05) is 0 Å². The van der Waals surface area contributed by atoms with E-state index in [0.717, 1.165) is 0 Å². The number of nitro benzene ring substituents is 1. The minimum atomic E-state index is -1.05. The summed E-state index contributed by atoms with van der Waals surface area (Å²) in [6, 6.07) is 0. The quantitative estimate of drug-likeness (QED) is 0.617. The van der Waals surface area contributed by atoms with Crippen LogP contribution in [0.15, 0.2) is 0 Å². The lowest BCUT2D eigenvalue weighted by Gasteiger charge is -2.12. The van der Waals surface area contributed by atoms with Gasteiger partial charge in [-0.3, -0.25) is 10.1 Å². The van der Waals surface area contributed by atoms with Gasteiger partial charge in [-0.25, -0.2) is 4.79 Å². The van der Waals surface area contributed by atoms with Gasteiger partial charge in [0, 0.05) is 11.1 Å². The smallest absolute Gasteiger partial charge is 0.336 e. The Kier molecular flexibility index (Phi) is 2.98. The average molecular weight is 223 g/mol. The molecule has 0 aliphatic carbocycles. The van der Waals surface area contributed by atoms with Gasteiger partial charge in [0.2, 0.25) is 0 Å². The average Bonchev–Trinajstić information content (AvgIpc) is 2.14. The molecule has 5 heteroatoms. The van der Waals surface area contributed by atoms with Gasteiger partial charge in [-0.15, -0.1) is 0 Å². The number of rotatable bonds is 2. The SMILES string of the molecule is Cc1c(C)c([N+](=O)[O-])c(C)c(C)c1C(=O)O. The highest BCUT2D eigenvalue weighted by atomic mass is 16.6. The fraction of sp³-hybridized carbons (Fsp3) is 0.364. The van der Waals surface area contributed by atoms with Crippen molar-refractivity contribution in [3.8, 4) is 0 Å². The van der Waals surface area contributed by atoms with E-state index < -0.39 is 10.9 Å². The third-order valence-corrected chi connectivity index (χ3v) is 2.98. The zero-order chi connectivity index (χ0) is 12.6. The Morgan fingerprint density at radius 2 is 1.44 bits per heavy atom. The minimum absolute atomic E-state index is 0.0139. The zero-order valence-electron chi connectivity index (χ0n) is 9.62. The Bertz CT molecular complexity index is 417. The molecule has 1 aromatic carbocycles. The molecule has 0 amide bonds. The predicted octanol–water partition coefficient (Wildman–Crippen LogP) is 2.53. The summed E-state index contributed by atoms with van der Waals surface area (Å²) in [6.07, 6.45) is 0. The Balaban J connectivity index is 3.77. The van der Waals surface area contributed by atoms with Crippen molar-refractivity contribution in [2.75, 3.05) is 0 Å². The van der Waals surface area contributed by atoms with Crippen molar-refractivity contribution in [1.82, 2.24) is 0 Å². The number of carbonyl (C=O) groups is 1. The molecule has 0 saturated carbocycles. The van der Waals surface area contributed by atoms with Crippen molar-refractivity contribution in [3.63, 3.8) is 0 Å². The molecule has 1 N–H and O–H groups in total. The highest BCUT2D eigenvalue weighted by Crippen LogP contribution is 2.32. The zero-order valence-corrected chi connectivity index (χ0v) is 9.62. The topological polar surface area (TPSA) is 80.4 Å². The molecular weight excluding hydrogens is 210 g/mol. The Morgan fingerprint density at radius 3 is 1.69 bits per heavy atom. The van der Waals surface area contributed by atoms with E-state index in [-0.39, 0.29) is 11.3 Å². The molecule has 0 saturated heterocycles. The van der Waals surface area contributed by atoms with Gasteiger partial charge in [-0.05, 0) is 38.8 Å². The molecule has 0 heterocycles. The predicted molar refractivity (Wildman–Crippen MR) is 59.0 cm³/mol. The van der Waals surface area contributed by atoms with Crippen LogP contribution in [0.1, 0.15) is 32.6 Å². The van der Waals surface area contributed by atoms with Crippen LogP contribution < -0.4 is 0 Å². The van der Waals surface area contributed by atoms with Gasteiger partial charge in [0.1, 0.15) is 0 Å². The van der Waals surface area contributed by atoms with Crippen molar-refractivity contribution >= 4 is 11.7 Å². The van der Waals surface area contributed by atoms with Crippen molar-refractivity contribution in [2.45, 2.75) is 27.7 Å². The molecular formula is C11H13NO4. The van der Waals surface area contributed by atoms with Gasteiger partial charge < -0.3 is 5.11 Å². The number of nitrogens with zero attached hydrogens (tertiary/aromatic N) is 1. The minimum Gasteiger partial charge on any atom is -0.478 e. The van der Waals surface area contributed by atoms with E-state index >= 15 is 0 Å². The molecule has 0 aliphatic rings. The first kappa shape index (κ1) is 12.2. The number of aromatic carboxylic acids is 1. The van der Waals surface area contributed by atoms with Gasteiger partial charge in [0.05, 0.1) is 10.5 Å². The van der Waals surface area contributed by atoms with Crippen LogP contribution in [0, 0.1) is 37.8 Å². The summed E-state index contributed by atoms with van der Waals surface area (Å²) in [6.45, 7) is 6.34. The van der Waals surface area contributed by atoms with Crippen molar-refractivity contribution < 1.29 is 14.8 Å². The lowest BCUT2D eigenvalue weighted by atomic mass is 9.92. The molecule has 0 aromatic heterocycles.